The lowest BCUT2D eigenvalue weighted by Crippen LogP contribution is -2.07. The van der Waals surface area contributed by atoms with Gasteiger partial charge in [0.1, 0.15) is 5.58 Å². The van der Waals surface area contributed by atoms with Gasteiger partial charge in [0.2, 0.25) is 0 Å². The summed E-state index contributed by atoms with van der Waals surface area (Å²) in [5.41, 5.74) is 1.72. The molecule has 78 valence electrons. The fraction of sp³-hybridized carbons (Fsp3) is 0.250. The number of fused-ring (bicyclic) bond motifs is 1. The van der Waals surface area contributed by atoms with Crippen LogP contribution in [0.25, 0.3) is 11.0 Å². The third-order valence-electron chi connectivity index (χ3n) is 2.17. The summed E-state index contributed by atoms with van der Waals surface area (Å²) in [7, 11) is 0. The molecular weight excluding hydrogens is 192 g/mol. The molecule has 0 radical (unpaired) electrons. The lowest BCUT2D eigenvalue weighted by atomic mass is 10.1. The summed E-state index contributed by atoms with van der Waals surface area (Å²) in [5.74, 6) is -0.205. The van der Waals surface area contributed by atoms with Crippen LogP contribution in [-0.2, 0) is 16.0 Å². The Labute approximate surface area is 87.6 Å². The zero-order chi connectivity index (χ0) is 10.7. The molecule has 15 heavy (non-hydrogen) atoms. The number of benzene rings is 1. The van der Waals surface area contributed by atoms with Crippen LogP contribution in [0.3, 0.4) is 0 Å². The van der Waals surface area contributed by atoms with Crippen LogP contribution in [-0.4, -0.2) is 12.6 Å². The summed E-state index contributed by atoms with van der Waals surface area (Å²) in [6.07, 6.45) is 1.93. The Balaban J connectivity index is 2.17. The lowest BCUT2D eigenvalue weighted by molar-refractivity contribution is -0.142. The first-order valence-corrected chi connectivity index (χ1v) is 4.91. The largest absolute Gasteiger partial charge is 0.466 e. The summed E-state index contributed by atoms with van der Waals surface area (Å²) in [4.78, 5) is 11.2. The minimum atomic E-state index is -0.205. The van der Waals surface area contributed by atoms with Gasteiger partial charge in [0.05, 0.1) is 19.3 Å². The molecule has 2 rings (SSSR count). The average molecular weight is 204 g/mol. The number of carbonyl (C=O) groups excluding carboxylic acids is 1. The van der Waals surface area contributed by atoms with Crippen LogP contribution in [0, 0.1) is 0 Å². The van der Waals surface area contributed by atoms with Crippen LogP contribution in [0.2, 0.25) is 0 Å². The van der Waals surface area contributed by atoms with Gasteiger partial charge in [0, 0.05) is 5.39 Å². The second-order valence-electron chi connectivity index (χ2n) is 3.27. The van der Waals surface area contributed by atoms with Gasteiger partial charge in [0.15, 0.2) is 0 Å². The molecule has 0 bridgehead atoms. The van der Waals surface area contributed by atoms with Gasteiger partial charge in [-0.2, -0.15) is 0 Å². The van der Waals surface area contributed by atoms with E-state index in [1.165, 1.54) is 0 Å². The maximum Gasteiger partial charge on any atom is 0.310 e. The average Bonchev–Trinajstić information content (AvgIpc) is 2.65. The van der Waals surface area contributed by atoms with Crippen LogP contribution in [0.4, 0.5) is 0 Å². The minimum Gasteiger partial charge on any atom is -0.466 e. The zero-order valence-corrected chi connectivity index (χ0v) is 8.53. The second kappa shape index (κ2) is 4.17. The molecule has 0 N–H and O–H groups in total. The molecule has 0 aliphatic heterocycles. The van der Waals surface area contributed by atoms with Crippen molar-refractivity contribution in [2.75, 3.05) is 6.61 Å². The molecular formula is C12H12O3. The number of furan rings is 1. The molecule has 1 aromatic heterocycles. The normalized spacial score (nSPS) is 10.5. The van der Waals surface area contributed by atoms with Gasteiger partial charge < -0.3 is 9.15 Å². The third kappa shape index (κ3) is 2.18. The van der Waals surface area contributed by atoms with Crippen molar-refractivity contribution in [2.24, 2.45) is 0 Å². The van der Waals surface area contributed by atoms with Crippen molar-refractivity contribution < 1.29 is 13.9 Å². The molecule has 0 aliphatic rings. The standard InChI is InChI=1S/C12H12O3/c1-2-14-12(13)8-9-3-4-10-5-6-15-11(10)7-9/h3-7H,2,8H2,1H3. The summed E-state index contributed by atoms with van der Waals surface area (Å²) < 4.78 is 10.1. The highest BCUT2D eigenvalue weighted by atomic mass is 16.5. The van der Waals surface area contributed by atoms with E-state index in [4.69, 9.17) is 9.15 Å². The highest BCUT2D eigenvalue weighted by Crippen LogP contribution is 2.17. The first-order chi connectivity index (χ1) is 7.29. The van der Waals surface area contributed by atoms with Crippen LogP contribution < -0.4 is 0 Å². The van der Waals surface area contributed by atoms with Gasteiger partial charge in [-0.15, -0.1) is 0 Å². The molecule has 0 atom stereocenters. The Bertz CT molecular complexity index is 470. The summed E-state index contributed by atoms with van der Waals surface area (Å²) >= 11 is 0. The van der Waals surface area contributed by atoms with Crippen LogP contribution in [0.1, 0.15) is 12.5 Å². The molecule has 0 spiro atoms. The molecule has 3 nitrogen and oxygen atoms in total. The monoisotopic (exact) mass is 204 g/mol. The van der Waals surface area contributed by atoms with Gasteiger partial charge >= 0.3 is 5.97 Å². The van der Waals surface area contributed by atoms with Crippen molar-refractivity contribution in [1.82, 2.24) is 0 Å². The molecule has 0 aliphatic carbocycles. The lowest BCUT2D eigenvalue weighted by Gasteiger charge is -2.01. The summed E-state index contributed by atoms with van der Waals surface area (Å²) in [6, 6.07) is 7.61. The molecule has 0 saturated carbocycles. The van der Waals surface area contributed by atoms with Crippen molar-refractivity contribution in [2.45, 2.75) is 13.3 Å². The summed E-state index contributed by atoms with van der Waals surface area (Å²) in [6.45, 7) is 2.22. The Morgan fingerprint density at radius 1 is 1.40 bits per heavy atom. The predicted molar refractivity (Wildman–Crippen MR) is 56.6 cm³/mol. The first-order valence-electron chi connectivity index (χ1n) is 4.91. The highest BCUT2D eigenvalue weighted by molar-refractivity contribution is 5.80. The fourth-order valence-corrected chi connectivity index (χ4v) is 1.49. The summed E-state index contributed by atoms with van der Waals surface area (Å²) in [5, 5.41) is 1.04. The molecule has 0 saturated heterocycles. The van der Waals surface area contributed by atoms with E-state index in [1.54, 1.807) is 13.2 Å². The quantitative estimate of drug-likeness (QED) is 0.721. The Kier molecular flexibility index (Phi) is 2.72. The van der Waals surface area contributed by atoms with Crippen molar-refractivity contribution in [3.8, 4) is 0 Å². The first kappa shape index (κ1) is 9.77. The fourth-order valence-electron chi connectivity index (χ4n) is 1.49. The number of hydrogen-bond acceptors (Lipinski definition) is 3. The Morgan fingerprint density at radius 2 is 2.27 bits per heavy atom. The van der Waals surface area contributed by atoms with Gasteiger partial charge in [0.25, 0.3) is 0 Å². The van der Waals surface area contributed by atoms with Gasteiger partial charge in [-0.25, -0.2) is 0 Å². The number of rotatable bonds is 3. The zero-order valence-electron chi connectivity index (χ0n) is 8.53. The molecule has 0 fully saturated rings. The minimum absolute atomic E-state index is 0.205. The van der Waals surface area contributed by atoms with E-state index in [2.05, 4.69) is 0 Å². The van der Waals surface area contributed by atoms with E-state index >= 15 is 0 Å². The van der Waals surface area contributed by atoms with E-state index in [1.807, 2.05) is 24.3 Å². The molecule has 1 heterocycles. The van der Waals surface area contributed by atoms with Gasteiger partial charge in [-0.1, -0.05) is 12.1 Å². The number of carbonyl (C=O) groups is 1. The van der Waals surface area contributed by atoms with Gasteiger partial charge in [-0.05, 0) is 24.6 Å². The highest BCUT2D eigenvalue weighted by Gasteiger charge is 2.05. The van der Waals surface area contributed by atoms with Crippen molar-refractivity contribution in [3.05, 3.63) is 36.1 Å². The SMILES string of the molecule is CCOC(=O)Cc1ccc2ccoc2c1. The molecule has 0 unspecified atom stereocenters. The van der Waals surface area contributed by atoms with Crippen molar-refractivity contribution >= 4 is 16.9 Å². The number of ether oxygens (including phenoxy) is 1. The van der Waals surface area contributed by atoms with E-state index in [-0.39, 0.29) is 5.97 Å². The van der Waals surface area contributed by atoms with Crippen molar-refractivity contribution in [1.29, 1.82) is 0 Å². The molecule has 3 heteroatoms. The Morgan fingerprint density at radius 3 is 3.07 bits per heavy atom. The van der Waals surface area contributed by atoms with Gasteiger partial charge in [-0.3, -0.25) is 4.79 Å². The van der Waals surface area contributed by atoms with Crippen LogP contribution in [0.15, 0.2) is 34.9 Å². The van der Waals surface area contributed by atoms with Crippen LogP contribution in [0.5, 0.6) is 0 Å². The molecule has 0 amide bonds. The van der Waals surface area contributed by atoms with E-state index in [0.29, 0.717) is 13.0 Å². The maximum absolute atomic E-state index is 11.2. The third-order valence-corrected chi connectivity index (χ3v) is 2.17. The molecule has 1 aromatic carbocycles. The molecule has 2 aromatic rings. The number of hydrogen-bond donors (Lipinski definition) is 0. The Hall–Kier alpha value is -1.77. The van der Waals surface area contributed by atoms with Crippen LogP contribution >= 0.6 is 0 Å². The second-order valence-corrected chi connectivity index (χ2v) is 3.27. The van der Waals surface area contributed by atoms with Crippen molar-refractivity contribution in [3.63, 3.8) is 0 Å². The topological polar surface area (TPSA) is 39.4 Å². The van der Waals surface area contributed by atoms with E-state index in [0.717, 1.165) is 16.5 Å². The van der Waals surface area contributed by atoms with E-state index < -0.39 is 0 Å². The predicted octanol–water partition coefficient (Wildman–Crippen LogP) is 2.54. The number of esters is 1. The van der Waals surface area contributed by atoms with E-state index in [9.17, 15) is 4.79 Å². The smallest absolute Gasteiger partial charge is 0.310 e. The maximum atomic E-state index is 11.2.